The zero-order valence-corrected chi connectivity index (χ0v) is 19.5. The van der Waals surface area contributed by atoms with E-state index in [0.717, 1.165) is 47.5 Å². The molecule has 1 saturated heterocycles. The van der Waals surface area contributed by atoms with Crippen molar-refractivity contribution in [1.82, 2.24) is 4.90 Å². The molecule has 2 heterocycles. The molecule has 2 N–H and O–H groups in total. The number of amides is 2. The Morgan fingerprint density at radius 2 is 1.76 bits per heavy atom. The van der Waals surface area contributed by atoms with Crippen LogP contribution in [0.1, 0.15) is 56.4 Å². The van der Waals surface area contributed by atoms with Crippen LogP contribution in [0, 0.1) is 13.8 Å². The summed E-state index contributed by atoms with van der Waals surface area (Å²) in [5.74, 6) is -0.135. The summed E-state index contributed by atoms with van der Waals surface area (Å²) in [7, 11) is 0. The normalized spacial score (nSPS) is 19.2. The van der Waals surface area contributed by atoms with Gasteiger partial charge in [0.15, 0.2) is 0 Å². The fraction of sp³-hybridized carbons (Fsp3) is 0.286. The number of benzene rings is 3. The van der Waals surface area contributed by atoms with E-state index >= 15 is 0 Å². The Hall–Kier alpha value is -3.64. The molecular formula is C28H29N3O3. The monoisotopic (exact) mass is 455 g/mol. The molecule has 2 aliphatic heterocycles. The van der Waals surface area contributed by atoms with Gasteiger partial charge in [-0.05, 0) is 80.3 Å². The first-order valence-electron chi connectivity index (χ1n) is 11.8. The lowest BCUT2D eigenvalue weighted by Gasteiger charge is -2.29. The lowest BCUT2D eigenvalue weighted by molar-refractivity contribution is 0.0489. The van der Waals surface area contributed by atoms with Crippen molar-refractivity contribution in [2.24, 2.45) is 0 Å². The molecule has 5 rings (SSSR count). The van der Waals surface area contributed by atoms with Crippen molar-refractivity contribution in [2.45, 2.75) is 39.0 Å². The highest BCUT2D eigenvalue weighted by molar-refractivity contribution is 6.04. The van der Waals surface area contributed by atoms with Gasteiger partial charge in [0.2, 0.25) is 0 Å². The fourth-order valence-electron chi connectivity index (χ4n) is 4.62. The summed E-state index contributed by atoms with van der Waals surface area (Å²) in [4.78, 5) is 27.7. The standard InChI is InChI=1S/C28H29N3O3/c1-18-9-12-22(16-19(18)2)30-27(32)20-10-13-21(14-11-20)29-26-24-7-3-4-8-25(24)28(33)31(26)17-23-6-5-15-34-23/h3-4,7-14,16,23,26,29H,5-6,15,17H2,1-2H3,(H,30,32). The number of nitrogens with zero attached hydrogens (tertiary/aromatic N) is 1. The third kappa shape index (κ3) is 4.41. The maximum Gasteiger partial charge on any atom is 0.256 e. The molecule has 0 aromatic heterocycles. The summed E-state index contributed by atoms with van der Waals surface area (Å²) in [5, 5.41) is 6.46. The van der Waals surface area contributed by atoms with Crippen molar-refractivity contribution in [3.8, 4) is 0 Å². The number of rotatable bonds is 6. The van der Waals surface area contributed by atoms with Crippen LogP contribution < -0.4 is 10.6 Å². The number of anilines is 2. The van der Waals surface area contributed by atoms with E-state index in [1.165, 1.54) is 5.56 Å². The minimum Gasteiger partial charge on any atom is -0.376 e. The summed E-state index contributed by atoms with van der Waals surface area (Å²) >= 11 is 0. The molecule has 174 valence electrons. The third-order valence-electron chi connectivity index (χ3n) is 6.70. The Labute approximate surface area is 199 Å². The number of aryl methyl sites for hydroxylation is 2. The highest BCUT2D eigenvalue weighted by Gasteiger charge is 2.38. The van der Waals surface area contributed by atoms with Crippen LogP contribution >= 0.6 is 0 Å². The van der Waals surface area contributed by atoms with Gasteiger partial charge in [0.05, 0.1) is 6.10 Å². The predicted octanol–water partition coefficient (Wildman–Crippen LogP) is 5.30. The Kier molecular flexibility index (Phi) is 6.07. The van der Waals surface area contributed by atoms with Gasteiger partial charge >= 0.3 is 0 Å². The molecule has 2 unspecified atom stereocenters. The van der Waals surface area contributed by atoms with Gasteiger partial charge in [0.1, 0.15) is 6.17 Å². The van der Waals surface area contributed by atoms with E-state index in [-0.39, 0.29) is 24.1 Å². The number of ether oxygens (including phenoxy) is 1. The Morgan fingerprint density at radius 3 is 2.50 bits per heavy atom. The zero-order valence-electron chi connectivity index (χ0n) is 19.5. The molecule has 0 bridgehead atoms. The van der Waals surface area contributed by atoms with Gasteiger partial charge in [-0.3, -0.25) is 9.59 Å². The van der Waals surface area contributed by atoms with Crippen LogP contribution in [-0.2, 0) is 4.74 Å². The van der Waals surface area contributed by atoms with Crippen molar-refractivity contribution < 1.29 is 14.3 Å². The van der Waals surface area contributed by atoms with E-state index in [4.69, 9.17) is 4.74 Å². The van der Waals surface area contributed by atoms with Gasteiger partial charge in [-0.15, -0.1) is 0 Å². The minimum atomic E-state index is -0.275. The quantitative estimate of drug-likeness (QED) is 0.529. The molecule has 2 aliphatic rings. The van der Waals surface area contributed by atoms with Gasteiger partial charge in [-0.1, -0.05) is 24.3 Å². The topological polar surface area (TPSA) is 70.7 Å². The second-order valence-corrected chi connectivity index (χ2v) is 9.06. The van der Waals surface area contributed by atoms with Crippen molar-refractivity contribution in [3.05, 3.63) is 94.5 Å². The van der Waals surface area contributed by atoms with E-state index in [2.05, 4.69) is 10.6 Å². The number of nitrogens with one attached hydrogen (secondary N) is 2. The van der Waals surface area contributed by atoms with Gasteiger partial charge in [-0.2, -0.15) is 0 Å². The average molecular weight is 456 g/mol. The van der Waals surface area contributed by atoms with E-state index in [1.807, 2.05) is 73.3 Å². The molecule has 2 atom stereocenters. The summed E-state index contributed by atoms with van der Waals surface area (Å²) < 4.78 is 5.80. The van der Waals surface area contributed by atoms with Gasteiger partial charge in [-0.25, -0.2) is 0 Å². The summed E-state index contributed by atoms with van der Waals surface area (Å²) in [6, 6.07) is 21.0. The number of hydrogen-bond acceptors (Lipinski definition) is 4. The van der Waals surface area contributed by atoms with Crippen LogP contribution in [0.2, 0.25) is 0 Å². The number of carbonyl (C=O) groups excluding carboxylic acids is 2. The third-order valence-corrected chi connectivity index (χ3v) is 6.70. The van der Waals surface area contributed by atoms with Crippen LogP contribution in [-0.4, -0.2) is 36.0 Å². The van der Waals surface area contributed by atoms with Crippen molar-refractivity contribution in [2.75, 3.05) is 23.8 Å². The van der Waals surface area contributed by atoms with Gasteiger partial charge in [0, 0.05) is 41.2 Å². The molecule has 0 saturated carbocycles. The smallest absolute Gasteiger partial charge is 0.256 e. The molecule has 0 spiro atoms. The van der Waals surface area contributed by atoms with Gasteiger partial charge < -0.3 is 20.3 Å². The predicted molar refractivity (Wildman–Crippen MR) is 133 cm³/mol. The number of hydrogen-bond donors (Lipinski definition) is 2. The lowest BCUT2D eigenvalue weighted by Crippen LogP contribution is -2.38. The highest BCUT2D eigenvalue weighted by Crippen LogP contribution is 2.35. The van der Waals surface area contributed by atoms with Crippen LogP contribution in [0.3, 0.4) is 0 Å². The second kappa shape index (κ2) is 9.31. The van der Waals surface area contributed by atoms with Crippen molar-refractivity contribution in [3.63, 3.8) is 0 Å². The molecule has 3 aromatic carbocycles. The minimum absolute atomic E-state index is 0.0213. The van der Waals surface area contributed by atoms with E-state index in [1.54, 1.807) is 12.1 Å². The Balaban J connectivity index is 1.31. The first-order valence-corrected chi connectivity index (χ1v) is 11.8. The molecule has 3 aromatic rings. The maximum absolute atomic E-state index is 13.1. The SMILES string of the molecule is Cc1ccc(NC(=O)c2ccc(NC3c4ccccc4C(=O)N3CC3CCCO3)cc2)cc1C. The van der Waals surface area contributed by atoms with Crippen LogP contribution in [0.5, 0.6) is 0 Å². The van der Waals surface area contributed by atoms with Crippen LogP contribution in [0.25, 0.3) is 0 Å². The van der Waals surface area contributed by atoms with Gasteiger partial charge in [0.25, 0.3) is 11.8 Å². The molecule has 2 amide bonds. The van der Waals surface area contributed by atoms with Crippen molar-refractivity contribution >= 4 is 23.2 Å². The first kappa shape index (κ1) is 22.2. The largest absolute Gasteiger partial charge is 0.376 e. The van der Waals surface area contributed by atoms with Crippen molar-refractivity contribution in [1.29, 1.82) is 0 Å². The highest BCUT2D eigenvalue weighted by atomic mass is 16.5. The molecule has 0 radical (unpaired) electrons. The number of fused-ring (bicyclic) bond motifs is 1. The fourth-order valence-corrected chi connectivity index (χ4v) is 4.62. The van der Waals surface area contributed by atoms with E-state index < -0.39 is 0 Å². The van der Waals surface area contributed by atoms with Crippen LogP contribution in [0.4, 0.5) is 11.4 Å². The zero-order chi connectivity index (χ0) is 23.7. The molecular weight excluding hydrogens is 426 g/mol. The maximum atomic E-state index is 13.1. The summed E-state index contributed by atoms with van der Waals surface area (Å²) in [6.45, 7) is 5.38. The first-order chi connectivity index (χ1) is 16.5. The molecule has 6 nitrogen and oxygen atoms in total. The average Bonchev–Trinajstić information content (AvgIpc) is 3.45. The summed E-state index contributed by atoms with van der Waals surface area (Å²) in [6.07, 6.45) is 1.79. The Bertz CT molecular complexity index is 1220. The summed E-state index contributed by atoms with van der Waals surface area (Å²) in [5.41, 5.74) is 6.20. The Morgan fingerprint density at radius 1 is 1.00 bits per heavy atom. The molecule has 34 heavy (non-hydrogen) atoms. The molecule has 0 aliphatic carbocycles. The second-order valence-electron chi connectivity index (χ2n) is 9.06. The van der Waals surface area contributed by atoms with Crippen LogP contribution in [0.15, 0.2) is 66.7 Å². The molecule has 1 fully saturated rings. The molecule has 6 heteroatoms. The lowest BCUT2D eigenvalue weighted by atomic mass is 10.1. The number of carbonyl (C=O) groups is 2. The van der Waals surface area contributed by atoms with E-state index in [9.17, 15) is 9.59 Å². The van der Waals surface area contributed by atoms with E-state index in [0.29, 0.717) is 12.1 Å².